The molecule has 180 valence electrons. The van der Waals surface area contributed by atoms with Crippen LogP contribution >= 0.6 is 11.8 Å². The molecule has 1 atom stereocenters. The van der Waals surface area contributed by atoms with Crippen LogP contribution < -0.4 is 16.4 Å². The van der Waals surface area contributed by atoms with Crippen molar-refractivity contribution in [3.63, 3.8) is 0 Å². The second-order valence-electron chi connectivity index (χ2n) is 10.1. The minimum Gasteiger partial charge on any atom is -0.391 e. The van der Waals surface area contributed by atoms with E-state index in [0.717, 1.165) is 4.90 Å². The average molecular weight is 466 g/mol. The van der Waals surface area contributed by atoms with Crippen molar-refractivity contribution in [1.29, 1.82) is 0 Å². The molecule has 0 spiro atoms. The normalized spacial score (nSPS) is 13.3. The predicted molar refractivity (Wildman–Crippen MR) is 129 cm³/mol. The molecule has 1 rings (SSSR count). The van der Waals surface area contributed by atoms with Crippen LogP contribution in [0.4, 0.5) is 0 Å². The summed E-state index contributed by atoms with van der Waals surface area (Å²) >= 11 is 1.53. The smallest absolute Gasteiger partial charge is 0.223 e. The number of thioether (sulfide) groups is 1. The molecule has 0 aromatic heterocycles. The molecule has 0 aliphatic rings. The van der Waals surface area contributed by atoms with E-state index in [9.17, 15) is 19.5 Å². The number of carbonyl (C=O) groups excluding carboxylic acids is 3. The number of primary amides is 1. The van der Waals surface area contributed by atoms with E-state index >= 15 is 0 Å². The van der Waals surface area contributed by atoms with Crippen molar-refractivity contribution in [3.8, 4) is 0 Å². The predicted octanol–water partition coefficient (Wildman–Crippen LogP) is 3.14. The number of nitrogens with one attached hydrogen (secondary N) is 2. The van der Waals surface area contributed by atoms with Gasteiger partial charge in [-0.2, -0.15) is 0 Å². The third-order valence-corrected chi connectivity index (χ3v) is 6.54. The van der Waals surface area contributed by atoms with E-state index in [-0.39, 0.29) is 31.1 Å². The summed E-state index contributed by atoms with van der Waals surface area (Å²) in [5, 5.41) is 16.5. The summed E-state index contributed by atoms with van der Waals surface area (Å²) in [5.74, 6) is -0.808. The molecule has 0 saturated heterocycles. The molecule has 0 radical (unpaired) electrons. The van der Waals surface area contributed by atoms with Crippen LogP contribution in [0, 0.1) is 0 Å². The summed E-state index contributed by atoms with van der Waals surface area (Å²) in [5.41, 5.74) is 4.04. The maximum absolute atomic E-state index is 12.6. The minimum absolute atomic E-state index is 0.0252. The van der Waals surface area contributed by atoms with E-state index in [1.54, 1.807) is 0 Å². The lowest BCUT2D eigenvalue weighted by molar-refractivity contribution is -0.126. The van der Waals surface area contributed by atoms with Crippen molar-refractivity contribution in [2.45, 2.75) is 100 Å². The SMILES string of the molecule is CC(C)(CCC(N)=O)NC(=O)CCC(C)(C)NC(=O)CC(O)C(C)(C)Sc1ccccc1. The largest absolute Gasteiger partial charge is 0.391 e. The zero-order chi connectivity index (χ0) is 24.6. The van der Waals surface area contributed by atoms with Crippen LogP contribution in [0.5, 0.6) is 0 Å². The first kappa shape index (κ1) is 28.0. The summed E-state index contributed by atoms with van der Waals surface area (Å²) in [6.45, 7) is 11.2. The van der Waals surface area contributed by atoms with Crippen LogP contribution in [-0.2, 0) is 14.4 Å². The molecule has 0 heterocycles. The molecule has 8 heteroatoms. The van der Waals surface area contributed by atoms with Gasteiger partial charge in [-0.3, -0.25) is 14.4 Å². The number of hydrogen-bond acceptors (Lipinski definition) is 5. The fourth-order valence-corrected chi connectivity index (χ4v) is 4.26. The van der Waals surface area contributed by atoms with Crippen LogP contribution in [0.1, 0.15) is 73.6 Å². The Morgan fingerprint density at radius 3 is 1.94 bits per heavy atom. The zero-order valence-corrected chi connectivity index (χ0v) is 21.0. The van der Waals surface area contributed by atoms with Gasteiger partial charge < -0.3 is 21.5 Å². The number of rotatable bonds is 13. The highest BCUT2D eigenvalue weighted by Crippen LogP contribution is 2.36. The summed E-state index contributed by atoms with van der Waals surface area (Å²) in [6, 6.07) is 9.76. The third-order valence-electron chi connectivity index (χ3n) is 5.23. The number of carbonyl (C=O) groups is 3. The molecule has 0 aliphatic carbocycles. The van der Waals surface area contributed by atoms with E-state index in [2.05, 4.69) is 10.6 Å². The molecule has 5 N–H and O–H groups in total. The Bertz CT molecular complexity index is 779. The first-order valence-corrected chi connectivity index (χ1v) is 11.8. The maximum atomic E-state index is 12.6. The van der Waals surface area contributed by atoms with Gasteiger partial charge in [-0.05, 0) is 66.5 Å². The second kappa shape index (κ2) is 11.7. The molecule has 7 nitrogen and oxygen atoms in total. The molecule has 1 aromatic rings. The average Bonchev–Trinajstić information content (AvgIpc) is 2.64. The van der Waals surface area contributed by atoms with Gasteiger partial charge in [0.05, 0.1) is 12.5 Å². The van der Waals surface area contributed by atoms with Gasteiger partial charge in [-0.1, -0.05) is 18.2 Å². The highest BCUT2D eigenvalue weighted by molar-refractivity contribution is 8.00. The molecule has 3 amide bonds. The van der Waals surface area contributed by atoms with Gasteiger partial charge in [0, 0.05) is 33.6 Å². The highest BCUT2D eigenvalue weighted by atomic mass is 32.2. The fraction of sp³-hybridized carbons (Fsp3) is 0.625. The standard InChI is InChI=1S/C24H39N3O4S/c1-22(2,14-12-19(25)29)26-20(30)13-15-23(3,4)27-21(31)16-18(28)24(5,6)32-17-10-8-7-9-11-17/h7-11,18,28H,12-16H2,1-6H3,(H2,25,29)(H,26,30)(H,27,31). The van der Waals surface area contributed by atoms with Crippen LogP contribution in [0.15, 0.2) is 35.2 Å². The van der Waals surface area contributed by atoms with Gasteiger partial charge >= 0.3 is 0 Å². The van der Waals surface area contributed by atoms with Crippen LogP contribution in [0.2, 0.25) is 0 Å². The number of amides is 3. The van der Waals surface area contributed by atoms with Crippen molar-refractivity contribution in [3.05, 3.63) is 30.3 Å². The molecule has 0 fully saturated rings. The lowest BCUT2D eigenvalue weighted by Gasteiger charge is -2.32. The van der Waals surface area contributed by atoms with Crippen LogP contribution in [0.3, 0.4) is 0 Å². The topological polar surface area (TPSA) is 122 Å². The van der Waals surface area contributed by atoms with Crippen molar-refractivity contribution in [2.24, 2.45) is 5.73 Å². The Morgan fingerprint density at radius 2 is 1.41 bits per heavy atom. The van der Waals surface area contributed by atoms with Gasteiger partial charge in [0.25, 0.3) is 0 Å². The highest BCUT2D eigenvalue weighted by Gasteiger charge is 2.32. The Balaban J connectivity index is 2.51. The van der Waals surface area contributed by atoms with E-state index < -0.39 is 27.8 Å². The van der Waals surface area contributed by atoms with E-state index in [1.165, 1.54) is 11.8 Å². The van der Waals surface area contributed by atoms with E-state index in [0.29, 0.717) is 12.8 Å². The first-order chi connectivity index (χ1) is 14.6. The number of aliphatic hydroxyl groups excluding tert-OH is 1. The Morgan fingerprint density at radius 1 is 0.906 bits per heavy atom. The molecule has 32 heavy (non-hydrogen) atoms. The quantitative estimate of drug-likeness (QED) is 0.334. The van der Waals surface area contributed by atoms with Crippen molar-refractivity contribution >= 4 is 29.5 Å². The number of benzene rings is 1. The van der Waals surface area contributed by atoms with Gasteiger partial charge in [0.15, 0.2) is 0 Å². The summed E-state index contributed by atoms with van der Waals surface area (Å²) < 4.78 is -0.542. The summed E-state index contributed by atoms with van der Waals surface area (Å²) in [7, 11) is 0. The van der Waals surface area contributed by atoms with Crippen LogP contribution in [-0.4, -0.2) is 44.8 Å². The van der Waals surface area contributed by atoms with E-state index in [4.69, 9.17) is 5.73 Å². The molecule has 1 aromatic carbocycles. The minimum atomic E-state index is -0.835. The fourth-order valence-electron chi connectivity index (χ4n) is 3.14. The molecule has 0 saturated carbocycles. The number of aliphatic hydroxyl groups is 1. The van der Waals surface area contributed by atoms with Crippen molar-refractivity contribution in [1.82, 2.24) is 10.6 Å². The number of hydrogen-bond donors (Lipinski definition) is 4. The first-order valence-electron chi connectivity index (χ1n) is 10.9. The van der Waals surface area contributed by atoms with Gasteiger partial charge in [0.1, 0.15) is 0 Å². The molecular weight excluding hydrogens is 426 g/mol. The Hall–Kier alpha value is -2.06. The molecule has 0 bridgehead atoms. The van der Waals surface area contributed by atoms with Gasteiger partial charge in [-0.25, -0.2) is 0 Å². The molecule has 0 aliphatic heterocycles. The van der Waals surface area contributed by atoms with Gasteiger partial charge in [0.2, 0.25) is 17.7 Å². The summed E-state index contributed by atoms with van der Waals surface area (Å²) in [4.78, 5) is 36.9. The second-order valence-corrected chi connectivity index (χ2v) is 11.8. The Kier molecular flexibility index (Phi) is 10.2. The molecular formula is C24H39N3O4S. The lowest BCUT2D eigenvalue weighted by Crippen LogP contribution is -2.48. The zero-order valence-electron chi connectivity index (χ0n) is 20.2. The van der Waals surface area contributed by atoms with Crippen molar-refractivity contribution in [2.75, 3.05) is 0 Å². The molecule has 1 unspecified atom stereocenters. The van der Waals surface area contributed by atoms with E-state index in [1.807, 2.05) is 71.9 Å². The van der Waals surface area contributed by atoms with Crippen LogP contribution in [0.25, 0.3) is 0 Å². The van der Waals surface area contributed by atoms with Gasteiger partial charge in [-0.15, -0.1) is 11.8 Å². The number of nitrogens with two attached hydrogens (primary N) is 1. The third kappa shape index (κ3) is 11.0. The Labute approximate surface area is 196 Å². The maximum Gasteiger partial charge on any atom is 0.223 e. The van der Waals surface area contributed by atoms with Crippen molar-refractivity contribution < 1.29 is 19.5 Å². The summed E-state index contributed by atoms with van der Waals surface area (Å²) in [6.07, 6.45) is 0.472. The lowest BCUT2D eigenvalue weighted by atomic mass is 9.95. The monoisotopic (exact) mass is 465 g/mol.